The Labute approximate surface area is 171 Å². The van der Waals surface area contributed by atoms with Crippen LogP contribution >= 0.6 is 0 Å². The normalized spacial score (nSPS) is 15.6. The Balaban J connectivity index is 1.84. The molecular weight excluding hydrogens is 414 g/mol. The molecule has 156 valence electrons. The second kappa shape index (κ2) is 8.23. The van der Waals surface area contributed by atoms with E-state index < -0.39 is 26.0 Å². The molecule has 1 heterocycles. The second-order valence-corrected chi connectivity index (χ2v) is 11.0. The first kappa shape index (κ1) is 21.4. The van der Waals surface area contributed by atoms with Gasteiger partial charge < -0.3 is 5.32 Å². The molecule has 1 aliphatic heterocycles. The number of sulfonamides is 2. The van der Waals surface area contributed by atoms with Crippen molar-refractivity contribution in [1.82, 2.24) is 8.61 Å². The van der Waals surface area contributed by atoms with Crippen molar-refractivity contribution in [3.63, 3.8) is 0 Å². The minimum Gasteiger partial charge on any atom is -0.322 e. The lowest BCUT2D eigenvalue weighted by molar-refractivity contribution is 0.102. The van der Waals surface area contributed by atoms with Gasteiger partial charge in [0.2, 0.25) is 20.0 Å². The van der Waals surface area contributed by atoms with Crippen LogP contribution in [-0.2, 0) is 20.0 Å². The van der Waals surface area contributed by atoms with Crippen LogP contribution in [0.15, 0.2) is 58.3 Å². The van der Waals surface area contributed by atoms with Crippen molar-refractivity contribution in [2.75, 3.05) is 32.5 Å². The SMILES string of the molecule is CN(C)S(=O)(=O)c1cccc(NC(=O)c2cccc(S(=O)(=O)N3CCCC3)c2)c1. The predicted molar refractivity (Wildman–Crippen MR) is 110 cm³/mol. The maximum absolute atomic E-state index is 12.7. The number of carbonyl (C=O) groups is 1. The highest BCUT2D eigenvalue weighted by atomic mass is 32.2. The van der Waals surface area contributed by atoms with Gasteiger partial charge in [0.05, 0.1) is 9.79 Å². The minimum atomic E-state index is -3.64. The summed E-state index contributed by atoms with van der Waals surface area (Å²) in [6, 6.07) is 11.7. The summed E-state index contributed by atoms with van der Waals surface area (Å²) in [5.41, 5.74) is 0.469. The smallest absolute Gasteiger partial charge is 0.255 e. The molecule has 2 aromatic rings. The third-order valence-corrected chi connectivity index (χ3v) is 8.38. The molecule has 0 atom stereocenters. The Morgan fingerprint density at radius 1 is 0.931 bits per heavy atom. The highest BCUT2D eigenvalue weighted by Crippen LogP contribution is 2.23. The lowest BCUT2D eigenvalue weighted by Gasteiger charge is -2.16. The monoisotopic (exact) mass is 437 g/mol. The second-order valence-electron chi connectivity index (χ2n) is 6.91. The molecule has 8 nitrogen and oxygen atoms in total. The molecule has 1 aliphatic rings. The third-order valence-electron chi connectivity index (χ3n) is 4.67. The van der Waals surface area contributed by atoms with E-state index in [4.69, 9.17) is 0 Å². The van der Waals surface area contributed by atoms with Gasteiger partial charge in [-0.2, -0.15) is 4.31 Å². The number of hydrogen-bond donors (Lipinski definition) is 1. The summed E-state index contributed by atoms with van der Waals surface area (Å²) in [4.78, 5) is 12.7. The molecular formula is C19H23N3O5S2. The first-order valence-electron chi connectivity index (χ1n) is 9.06. The molecule has 0 bridgehead atoms. The van der Waals surface area contributed by atoms with E-state index in [1.54, 1.807) is 6.07 Å². The average molecular weight is 438 g/mol. The van der Waals surface area contributed by atoms with Gasteiger partial charge in [-0.15, -0.1) is 0 Å². The summed E-state index contributed by atoms with van der Waals surface area (Å²) < 4.78 is 52.4. The van der Waals surface area contributed by atoms with Crippen molar-refractivity contribution in [2.24, 2.45) is 0 Å². The molecule has 10 heteroatoms. The van der Waals surface area contributed by atoms with Crippen molar-refractivity contribution in [3.8, 4) is 0 Å². The van der Waals surface area contributed by atoms with Crippen molar-refractivity contribution < 1.29 is 21.6 Å². The van der Waals surface area contributed by atoms with Gasteiger partial charge >= 0.3 is 0 Å². The predicted octanol–water partition coefficient (Wildman–Crippen LogP) is 1.97. The van der Waals surface area contributed by atoms with Crippen molar-refractivity contribution in [3.05, 3.63) is 54.1 Å². The van der Waals surface area contributed by atoms with Crippen LogP contribution in [-0.4, -0.2) is 58.5 Å². The van der Waals surface area contributed by atoms with Crippen molar-refractivity contribution >= 4 is 31.6 Å². The molecule has 2 aromatic carbocycles. The number of anilines is 1. The van der Waals surface area contributed by atoms with Crippen LogP contribution in [0.1, 0.15) is 23.2 Å². The van der Waals surface area contributed by atoms with Gasteiger partial charge in [0, 0.05) is 38.4 Å². The zero-order valence-corrected chi connectivity index (χ0v) is 17.8. The number of amides is 1. The highest BCUT2D eigenvalue weighted by molar-refractivity contribution is 7.89. The zero-order valence-electron chi connectivity index (χ0n) is 16.2. The Morgan fingerprint density at radius 2 is 1.55 bits per heavy atom. The van der Waals surface area contributed by atoms with E-state index >= 15 is 0 Å². The topological polar surface area (TPSA) is 104 Å². The largest absolute Gasteiger partial charge is 0.322 e. The van der Waals surface area contributed by atoms with E-state index in [-0.39, 0.29) is 15.4 Å². The number of benzene rings is 2. The van der Waals surface area contributed by atoms with E-state index in [0.717, 1.165) is 17.1 Å². The van der Waals surface area contributed by atoms with Crippen LogP contribution in [0.3, 0.4) is 0 Å². The lowest BCUT2D eigenvalue weighted by atomic mass is 10.2. The van der Waals surface area contributed by atoms with Crippen LogP contribution in [0.25, 0.3) is 0 Å². The first-order valence-corrected chi connectivity index (χ1v) is 11.9. The van der Waals surface area contributed by atoms with Crippen molar-refractivity contribution in [2.45, 2.75) is 22.6 Å². The average Bonchev–Trinajstić information content (AvgIpc) is 3.24. The zero-order chi connectivity index (χ0) is 21.2. The van der Waals surface area contributed by atoms with Gasteiger partial charge in [0.15, 0.2) is 0 Å². The van der Waals surface area contributed by atoms with Gasteiger partial charge in [0.25, 0.3) is 5.91 Å². The number of hydrogen-bond acceptors (Lipinski definition) is 5. The molecule has 0 saturated carbocycles. The van der Waals surface area contributed by atoms with Gasteiger partial charge in [-0.3, -0.25) is 4.79 Å². The van der Waals surface area contributed by atoms with E-state index in [0.29, 0.717) is 18.8 Å². The molecule has 0 aromatic heterocycles. The minimum absolute atomic E-state index is 0.0469. The van der Waals surface area contributed by atoms with Gasteiger partial charge in [0.1, 0.15) is 0 Å². The summed E-state index contributed by atoms with van der Waals surface area (Å²) >= 11 is 0. The molecule has 0 aliphatic carbocycles. The molecule has 0 spiro atoms. The highest BCUT2D eigenvalue weighted by Gasteiger charge is 2.27. The molecule has 1 N–H and O–H groups in total. The lowest BCUT2D eigenvalue weighted by Crippen LogP contribution is -2.28. The van der Waals surface area contributed by atoms with E-state index in [9.17, 15) is 21.6 Å². The Morgan fingerprint density at radius 3 is 2.21 bits per heavy atom. The maximum Gasteiger partial charge on any atom is 0.255 e. The quantitative estimate of drug-likeness (QED) is 0.744. The fourth-order valence-electron chi connectivity index (χ4n) is 3.02. The Bertz CT molecular complexity index is 1120. The summed E-state index contributed by atoms with van der Waals surface area (Å²) in [7, 11) is -4.43. The Kier molecular flexibility index (Phi) is 6.08. The van der Waals surface area contributed by atoms with E-state index in [2.05, 4.69) is 5.32 Å². The van der Waals surface area contributed by atoms with Crippen LogP contribution in [0, 0.1) is 0 Å². The molecule has 1 saturated heterocycles. The van der Waals surface area contributed by atoms with Crippen LogP contribution in [0.4, 0.5) is 5.69 Å². The Hall–Kier alpha value is -2.27. The molecule has 1 amide bonds. The number of rotatable bonds is 6. The summed E-state index contributed by atoms with van der Waals surface area (Å²) in [6.45, 7) is 0.956. The van der Waals surface area contributed by atoms with Crippen molar-refractivity contribution in [1.29, 1.82) is 0 Å². The standard InChI is InChI=1S/C19H23N3O5S2/c1-21(2)28(24,25)18-10-6-8-16(14-18)20-19(23)15-7-5-9-17(13-15)29(26,27)22-11-3-4-12-22/h5-10,13-14H,3-4,11-12H2,1-2H3,(H,20,23). The molecule has 3 rings (SSSR count). The molecule has 29 heavy (non-hydrogen) atoms. The number of nitrogens with one attached hydrogen (secondary N) is 1. The summed E-state index contributed by atoms with van der Waals surface area (Å²) in [5.74, 6) is -0.525. The van der Waals surface area contributed by atoms with Crippen LogP contribution in [0.5, 0.6) is 0 Å². The third kappa shape index (κ3) is 4.50. The number of carbonyl (C=O) groups excluding carboxylic acids is 1. The van der Waals surface area contributed by atoms with Crippen LogP contribution < -0.4 is 5.32 Å². The maximum atomic E-state index is 12.7. The van der Waals surface area contributed by atoms with Crippen LogP contribution in [0.2, 0.25) is 0 Å². The van der Waals surface area contributed by atoms with E-state index in [1.165, 1.54) is 60.9 Å². The summed E-state index contributed by atoms with van der Waals surface area (Å²) in [6.07, 6.45) is 1.65. The van der Waals surface area contributed by atoms with Gasteiger partial charge in [-0.1, -0.05) is 12.1 Å². The number of nitrogens with zero attached hydrogens (tertiary/aromatic N) is 2. The molecule has 0 radical (unpaired) electrons. The summed E-state index contributed by atoms with van der Waals surface area (Å²) in [5, 5.41) is 2.63. The first-order chi connectivity index (χ1) is 13.6. The van der Waals surface area contributed by atoms with E-state index in [1.807, 2.05) is 0 Å². The van der Waals surface area contributed by atoms with Gasteiger partial charge in [-0.25, -0.2) is 21.1 Å². The fourth-order valence-corrected chi connectivity index (χ4v) is 5.54. The fraction of sp³-hybridized carbons (Fsp3) is 0.316. The van der Waals surface area contributed by atoms with Gasteiger partial charge in [-0.05, 0) is 49.2 Å². The molecule has 1 fully saturated rings. The molecule has 0 unspecified atom stereocenters.